The first-order valence-electron chi connectivity index (χ1n) is 7.95. The summed E-state index contributed by atoms with van der Waals surface area (Å²) in [5.74, 6) is -0.330. The molecule has 0 spiro atoms. The van der Waals surface area contributed by atoms with Crippen LogP contribution in [0.4, 0.5) is 0 Å². The number of carbonyl (C=O) groups excluding carboxylic acids is 2. The number of carbonyl (C=O) groups is 2. The molecule has 4 heteroatoms. The predicted octanol–water partition coefficient (Wildman–Crippen LogP) is 4.01. The maximum Gasteiger partial charge on any atom is 0.306 e. The Hall–Kier alpha value is -1.06. The van der Waals surface area contributed by atoms with Gasteiger partial charge in [0, 0.05) is 12.8 Å². The minimum atomic E-state index is -0.173. The highest BCUT2D eigenvalue weighted by molar-refractivity contribution is 5.70. The monoisotopic (exact) mass is 286 g/mol. The quantitative estimate of drug-likeness (QED) is 0.402. The number of ether oxygens (including phenoxy) is 2. The zero-order valence-corrected chi connectivity index (χ0v) is 13.3. The lowest BCUT2D eigenvalue weighted by Gasteiger charge is -2.12. The number of unbranched alkanes of at least 4 members (excludes halogenated alkanes) is 3. The second-order valence-electron chi connectivity index (χ2n) is 5.22. The molecule has 0 amide bonds. The van der Waals surface area contributed by atoms with E-state index in [0.29, 0.717) is 32.3 Å². The lowest BCUT2D eigenvalue weighted by molar-refractivity contribution is -0.149. The Morgan fingerprint density at radius 3 is 2.15 bits per heavy atom. The van der Waals surface area contributed by atoms with Gasteiger partial charge in [0.15, 0.2) is 0 Å². The van der Waals surface area contributed by atoms with E-state index in [9.17, 15) is 9.59 Å². The van der Waals surface area contributed by atoms with E-state index in [-0.39, 0.29) is 18.0 Å². The Bertz CT molecular complexity index is 263. The molecule has 0 aliphatic rings. The van der Waals surface area contributed by atoms with Crippen molar-refractivity contribution in [2.75, 3.05) is 6.61 Å². The minimum Gasteiger partial charge on any atom is -0.466 e. The van der Waals surface area contributed by atoms with Crippen molar-refractivity contribution in [2.24, 2.45) is 0 Å². The van der Waals surface area contributed by atoms with Crippen LogP contribution < -0.4 is 0 Å². The van der Waals surface area contributed by atoms with Gasteiger partial charge in [0.05, 0.1) is 12.7 Å². The van der Waals surface area contributed by atoms with Crippen molar-refractivity contribution in [3.8, 4) is 0 Å². The van der Waals surface area contributed by atoms with Crippen molar-refractivity contribution in [3.05, 3.63) is 0 Å². The average molecular weight is 286 g/mol. The van der Waals surface area contributed by atoms with E-state index >= 15 is 0 Å². The molecule has 0 aliphatic carbocycles. The average Bonchev–Trinajstić information content (AvgIpc) is 2.41. The summed E-state index contributed by atoms with van der Waals surface area (Å²) in [7, 11) is 0. The molecule has 1 unspecified atom stereocenters. The maximum atomic E-state index is 11.6. The number of rotatable bonds is 12. The molecule has 0 rings (SSSR count). The van der Waals surface area contributed by atoms with Crippen LogP contribution in [-0.4, -0.2) is 24.6 Å². The lowest BCUT2D eigenvalue weighted by atomic mass is 10.1. The van der Waals surface area contributed by atoms with Crippen molar-refractivity contribution < 1.29 is 19.1 Å². The summed E-state index contributed by atoms with van der Waals surface area (Å²) in [6.07, 6.45) is 7.38. The molecule has 0 saturated heterocycles. The minimum absolute atomic E-state index is 0.00331. The fourth-order valence-electron chi connectivity index (χ4n) is 1.85. The smallest absolute Gasteiger partial charge is 0.306 e. The fraction of sp³-hybridized carbons (Fsp3) is 0.875. The third-order valence-electron chi connectivity index (χ3n) is 3.03. The Balaban J connectivity index is 3.50. The van der Waals surface area contributed by atoms with E-state index in [2.05, 4.69) is 6.92 Å². The van der Waals surface area contributed by atoms with Gasteiger partial charge in [0.25, 0.3) is 0 Å². The molecule has 0 bridgehead atoms. The lowest BCUT2D eigenvalue weighted by Crippen LogP contribution is -2.14. The first-order valence-corrected chi connectivity index (χ1v) is 7.95. The van der Waals surface area contributed by atoms with Crippen molar-refractivity contribution in [1.82, 2.24) is 0 Å². The summed E-state index contributed by atoms with van der Waals surface area (Å²) in [5, 5.41) is 0. The van der Waals surface area contributed by atoms with Gasteiger partial charge in [0.1, 0.15) is 0 Å². The van der Waals surface area contributed by atoms with Gasteiger partial charge in [-0.05, 0) is 39.0 Å². The number of hydrogen-bond donors (Lipinski definition) is 0. The van der Waals surface area contributed by atoms with Crippen LogP contribution in [-0.2, 0) is 19.1 Å². The molecule has 0 N–H and O–H groups in total. The highest BCUT2D eigenvalue weighted by Gasteiger charge is 2.09. The molecule has 0 aromatic heterocycles. The van der Waals surface area contributed by atoms with Crippen molar-refractivity contribution in [3.63, 3.8) is 0 Å². The molecule has 118 valence electrons. The number of hydrogen-bond acceptors (Lipinski definition) is 4. The molecule has 0 saturated carbocycles. The molecule has 0 radical (unpaired) electrons. The van der Waals surface area contributed by atoms with E-state index in [1.807, 2.05) is 13.8 Å². The number of esters is 2. The van der Waals surface area contributed by atoms with Crippen LogP contribution in [0.15, 0.2) is 0 Å². The summed E-state index contributed by atoms with van der Waals surface area (Å²) in [4.78, 5) is 22.8. The molecule has 20 heavy (non-hydrogen) atoms. The molecular formula is C16H30O4. The first kappa shape index (κ1) is 18.9. The fourth-order valence-corrected chi connectivity index (χ4v) is 1.85. The first-order chi connectivity index (χ1) is 9.60. The highest BCUT2D eigenvalue weighted by Crippen LogP contribution is 2.09. The standard InChI is InChI=1S/C16H30O4/c1-4-6-7-10-14(3)20-16(18)12-9-8-11-15(17)19-13-5-2/h14H,4-13H2,1-3H3. The Labute approximate surface area is 123 Å². The summed E-state index contributed by atoms with van der Waals surface area (Å²) in [6, 6.07) is 0. The third-order valence-corrected chi connectivity index (χ3v) is 3.03. The Morgan fingerprint density at radius 2 is 1.55 bits per heavy atom. The van der Waals surface area contributed by atoms with Gasteiger partial charge in [-0.3, -0.25) is 9.59 Å². The summed E-state index contributed by atoms with van der Waals surface area (Å²) in [6.45, 7) is 6.54. The van der Waals surface area contributed by atoms with Gasteiger partial charge in [-0.1, -0.05) is 26.7 Å². The molecule has 0 aliphatic heterocycles. The van der Waals surface area contributed by atoms with Crippen LogP contribution in [0.5, 0.6) is 0 Å². The van der Waals surface area contributed by atoms with Crippen LogP contribution in [0.3, 0.4) is 0 Å². The Kier molecular flexibility index (Phi) is 12.3. The molecular weight excluding hydrogens is 256 g/mol. The maximum absolute atomic E-state index is 11.6. The SMILES string of the molecule is CCCCCC(C)OC(=O)CCCCC(=O)OCCC. The largest absolute Gasteiger partial charge is 0.466 e. The predicted molar refractivity (Wildman–Crippen MR) is 79.4 cm³/mol. The molecule has 4 nitrogen and oxygen atoms in total. The van der Waals surface area contributed by atoms with Crippen LogP contribution >= 0.6 is 0 Å². The van der Waals surface area contributed by atoms with Crippen LogP contribution in [0.2, 0.25) is 0 Å². The second kappa shape index (κ2) is 12.9. The van der Waals surface area contributed by atoms with E-state index < -0.39 is 0 Å². The van der Waals surface area contributed by atoms with E-state index in [1.165, 1.54) is 12.8 Å². The summed E-state index contributed by atoms with van der Waals surface area (Å²) in [5.41, 5.74) is 0. The highest BCUT2D eigenvalue weighted by atomic mass is 16.5. The third kappa shape index (κ3) is 12.0. The van der Waals surface area contributed by atoms with Gasteiger partial charge >= 0.3 is 11.9 Å². The van der Waals surface area contributed by atoms with E-state index in [0.717, 1.165) is 19.3 Å². The zero-order valence-electron chi connectivity index (χ0n) is 13.3. The van der Waals surface area contributed by atoms with E-state index in [4.69, 9.17) is 9.47 Å². The topological polar surface area (TPSA) is 52.6 Å². The molecule has 0 aromatic carbocycles. The second-order valence-corrected chi connectivity index (χ2v) is 5.22. The van der Waals surface area contributed by atoms with Crippen LogP contribution in [0.25, 0.3) is 0 Å². The summed E-state index contributed by atoms with van der Waals surface area (Å²) >= 11 is 0. The van der Waals surface area contributed by atoms with Gasteiger partial charge < -0.3 is 9.47 Å². The van der Waals surface area contributed by atoms with Crippen molar-refractivity contribution in [2.45, 2.75) is 84.7 Å². The molecule has 0 heterocycles. The van der Waals surface area contributed by atoms with E-state index in [1.54, 1.807) is 0 Å². The zero-order chi connectivity index (χ0) is 15.2. The normalized spacial score (nSPS) is 11.9. The summed E-state index contributed by atoms with van der Waals surface area (Å²) < 4.78 is 10.3. The molecule has 0 aromatic rings. The van der Waals surface area contributed by atoms with Gasteiger partial charge in [-0.25, -0.2) is 0 Å². The molecule has 1 atom stereocenters. The van der Waals surface area contributed by atoms with Crippen molar-refractivity contribution in [1.29, 1.82) is 0 Å². The van der Waals surface area contributed by atoms with Gasteiger partial charge in [-0.2, -0.15) is 0 Å². The van der Waals surface area contributed by atoms with Crippen molar-refractivity contribution >= 4 is 11.9 Å². The van der Waals surface area contributed by atoms with Crippen LogP contribution in [0, 0.1) is 0 Å². The molecule has 0 fully saturated rings. The Morgan fingerprint density at radius 1 is 0.900 bits per heavy atom. The van der Waals surface area contributed by atoms with Gasteiger partial charge in [-0.15, -0.1) is 0 Å². The van der Waals surface area contributed by atoms with Gasteiger partial charge in [0.2, 0.25) is 0 Å². The van der Waals surface area contributed by atoms with Crippen LogP contribution in [0.1, 0.15) is 78.6 Å².